The second kappa shape index (κ2) is 46.2. The highest BCUT2D eigenvalue weighted by Crippen LogP contribution is 2.18. The Hall–Kier alpha value is -1.92. The number of amides is 1. The van der Waals surface area contributed by atoms with Gasteiger partial charge in [0.05, 0.1) is 25.2 Å². The highest BCUT2D eigenvalue weighted by molar-refractivity contribution is 5.77. The van der Waals surface area contributed by atoms with E-state index in [1.165, 1.54) is 154 Å². The van der Waals surface area contributed by atoms with Gasteiger partial charge in [0, 0.05) is 6.42 Å². The molecule has 6 heteroatoms. The van der Waals surface area contributed by atoms with Gasteiger partial charge in [0.1, 0.15) is 6.10 Å². The van der Waals surface area contributed by atoms with E-state index in [0.717, 1.165) is 57.8 Å². The summed E-state index contributed by atoms with van der Waals surface area (Å²) in [6.07, 6.45) is 53.5. The number of allylic oxidation sites excluding steroid dienone is 6. The molecular weight excluding hydrogens is 719 g/mol. The van der Waals surface area contributed by atoms with Gasteiger partial charge >= 0.3 is 5.97 Å². The lowest BCUT2D eigenvalue weighted by Crippen LogP contribution is -2.46. The molecule has 0 aliphatic rings. The molecule has 0 aromatic heterocycles. The maximum Gasteiger partial charge on any atom is 0.306 e. The lowest BCUT2D eigenvalue weighted by Gasteiger charge is -2.24. The number of hydrogen-bond acceptors (Lipinski definition) is 5. The predicted molar refractivity (Wildman–Crippen MR) is 250 cm³/mol. The summed E-state index contributed by atoms with van der Waals surface area (Å²) < 4.78 is 5.91. The Kier molecular flexibility index (Phi) is 44.6. The van der Waals surface area contributed by atoms with E-state index in [9.17, 15) is 19.8 Å². The number of hydrogen-bond donors (Lipinski definition) is 3. The van der Waals surface area contributed by atoms with E-state index >= 15 is 0 Å². The van der Waals surface area contributed by atoms with E-state index in [1.807, 2.05) is 0 Å². The average molecular weight is 816 g/mol. The summed E-state index contributed by atoms with van der Waals surface area (Å²) in [4.78, 5) is 26.0. The molecule has 0 spiro atoms. The molecule has 3 unspecified atom stereocenters. The second-order valence-corrected chi connectivity index (χ2v) is 17.3. The third-order valence-corrected chi connectivity index (χ3v) is 11.5. The summed E-state index contributed by atoms with van der Waals surface area (Å²) in [5.41, 5.74) is 0. The van der Waals surface area contributed by atoms with Crippen molar-refractivity contribution in [2.75, 3.05) is 6.61 Å². The van der Waals surface area contributed by atoms with Crippen LogP contribution in [0.2, 0.25) is 0 Å². The number of rotatable bonds is 45. The van der Waals surface area contributed by atoms with Crippen molar-refractivity contribution in [3.05, 3.63) is 36.5 Å². The molecule has 0 aromatic carbocycles. The second-order valence-electron chi connectivity index (χ2n) is 17.3. The van der Waals surface area contributed by atoms with Crippen LogP contribution in [0.5, 0.6) is 0 Å². The monoisotopic (exact) mass is 816 g/mol. The van der Waals surface area contributed by atoms with Gasteiger partial charge in [-0.2, -0.15) is 0 Å². The maximum absolute atomic E-state index is 13.2. The van der Waals surface area contributed by atoms with E-state index < -0.39 is 18.2 Å². The number of esters is 1. The zero-order chi connectivity index (χ0) is 42.4. The Bertz CT molecular complexity index is 961. The van der Waals surface area contributed by atoms with Crippen molar-refractivity contribution in [2.45, 2.75) is 277 Å². The van der Waals surface area contributed by atoms with Crippen molar-refractivity contribution in [2.24, 2.45) is 0 Å². The quantitative estimate of drug-likeness (QED) is 0.0323. The first-order valence-electron chi connectivity index (χ1n) is 25.2. The molecule has 58 heavy (non-hydrogen) atoms. The molecule has 0 bridgehead atoms. The Labute approximate surface area is 360 Å². The summed E-state index contributed by atoms with van der Waals surface area (Å²) in [5, 5.41) is 23.7. The number of aliphatic hydroxyl groups excluding tert-OH is 2. The Morgan fingerprint density at radius 1 is 0.517 bits per heavy atom. The molecule has 0 saturated carbocycles. The third kappa shape index (κ3) is 40.8. The molecule has 0 heterocycles. The van der Waals surface area contributed by atoms with Crippen LogP contribution in [-0.2, 0) is 14.3 Å². The molecular formula is C52H97NO5. The van der Waals surface area contributed by atoms with E-state index in [1.54, 1.807) is 0 Å². The molecule has 1 amide bonds. The highest BCUT2D eigenvalue weighted by Gasteiger charge is 2.24. The van der Waals surface area contributed by atoms with Crippen LogP contribution in [0.4, 0.5) is 0 Å². The predicted octanol–water partition coefficient (Wildman–Crippen LogP) is 14.9. The summed E-state index contributed by atoms with van der Waals surface area (Å²) in [6.45, 7) is 6.35. The minimum Gasteiger partial charge on any atom is -0.462 e. The Balaban J connectivity index is 4.45. The lowest BCUT2D eigenvalue weighted by atomic mass is 10.0. The van der Waals surface area contributed by atoms with Crippen molar-refractivity contribution in [3.63, 3.8) is 0 Å². The molecule has 3 atom stereocenters. The topological polar surface area (TPSA) is 95.9 Å². The van der Waals surface area contributed by atoms with E-state index in [2.05, 4.69) is 62.5 Å². The zero-order valence-corrected chi connectivity index (χ0v) is 38.7. The van der Waals surface area contributed by atoms with Gasteiger partial charge in [-0.15, -0.1) is 0 Å². The molecule has 0 aliphatic carbocycles. The largest absolute Gasteiger partial charge is 0.462 e. The fraction of sp³-hybridized carbons (Fsp3) is 0.846. The first-order valence-corrected chi connectivity index (χ1v) is 25.2. The van der Waals surface area contributed by atoms with Crippen molar-refractivity contribution in [1.29, 1.82) is 0 Å². The van der Waals surface area contributed by atoms with Crippen LogP contribution in [0.15, 0.2) is 36.5 Å². The van der Waals surface area contributed by atoms with Crippen LogP contribution in [0.25, 0.3) is 0 Å². The molecule has 3 N–H and O–H groups in total. The van der Waals surface area contributed by atoms with Crippen LogP contribution in [0.1, 0.15) is 258 Å². The van der Waals surface area contributed by atoms with Crippen molar-refractivity contribution in [1.82, 2.24) is 5.32 Å². The number of nitrogens with one attached hydrogen (secondary N) is 1. The van der Waals surface area contributed by atoms with Crippen molar-refractivity contribution in [3.8, 4) is 0 Å². The van der Waals surface area contributed by atoms with E-state index in [0.29, 0.717) is 19.3 Å². The molecule has 340 valence electrons. The normalized spacial score (nSPS) is 13.5. The third-order valence-electron chi connectivity index (χ3n) is 11.5. The smallest absolute Gasteiger partial charge is 0.306 e. The average Bonchev–Trinajstić information content (AvgIpc) is 3.22. The summed E-state index contributed by atoms with van der Waals surface area (Å²) in [7, 11) is 0. The van der Waals surface area contributed by atoms with Crippen molar-refractivity contribution < 1.29 is 24.5 Å². The lowest BCUT2D eigenvalue weighted by molar-refractivity contribution is -0.151. The Morgan fingerprint density at radius 3 is 1.40 bits per heavy atom. The van der Waals surface area contributed by atoms with Gasteiger partial charge in [-0.05, 0) is 44.9 Å². The molecule has 0 aliphatic heterocycles. The fourth-order valence-electron chi connectivity index (χ4n) is 7.73. The van der Waals surface area contributed by atoms with Gasteiger partial charge < -0.3 is 20.3 Å². The van der Waals surface area contributed by atoms with Crippen LogP contribution >= 0.6 is 0 Å². The van der Waals surface area contributed by atoms with Gasteiger partial charge in [0.25, 0.3) is 0 Å². The summed E-state index contributed by atoms with van der Waals surface area (Å²) >= 11 is 0. The standard InChI is InChI=1S/C52H97NO5/c1-4-7-10-13-16-19-21-23-25-27-29-32-35-38-41-44-50(55)49(47-54)53-51(56)46-48(43-40-37-34-31-18-15-12-9-6-3)58-52(57)45-42-39-36-33-30-28-26-24-22-20-17-14-11-8-5-2/h8,11,14,17,20,22,48-50,54-55H,4-7,9-10,12-13,15-16,18-19,21,23-47H2,1-3H3,(H,53,56)/b11-8+,17-14+,22-20+. The SMILES string of the molecule is CC/C=C/C=C/C=C/CCCCCCCCCC(=O)OC(CCCCCCCCCCC)CC(=O)NC(CO)C(O)CCCCCCCCCCCCCCCCC. The molecule has 6 nitrogen and oxygen atoms in total. The van der Waals surface area contributed by atoms with E-state index in [4.69, 9.17) is 4.74 Å². The maximum atomic E-state index is 13.2. The van der Waals surface area contributed by atoms with E-state index in [-0.39, 0.29) is 24.9 Å². The van der Waals surface area contributed by atoms with Gasteiger partial charge in [0.2, 0.25) is 5.91 Å². The molecule has 0 aromatic rings. The van der Waals surface area contributed by atoms with Crippen LogP contribution in [0, 0.1) is 0 Å². The number of unbranched alkanes of at least 4 members (excludes halogenated alkanes) is 29. The molecule has 0 radical (unpaired) electrons. The fourth-order valence-corrected chi connectivity index (χ4v) is 7.73. The number of aliphatic hydroxyl groups is 2. The minimum absolute atomic E-state index is 0.0757. The molecule has 0 saturated heterocycles. The van der Waals surface area contributed by atoms with Gasteiger partial charge in [-0.1, -0.05) is 237 Å². The minimum atomic E-state index is -0.786. The zero-order valence-electron chi connectivity index (χ0n) is 38.7. The Morgan fingerprint density at radius 2 is 0.931 bits per heavy atom. The highest BCUT2D eigenvalue weighted by atomic mass is 16.5. The number of carbonyl (C=O) groups is 2. The van der Waals surface area contributed by atoms with Crippen molar-refractivity contribution >= 4 is 11.9 Å². The van der Waals surface area contributed by atoms with Gasteiger partial charge in [-0.25, -0.2) is 0 Å². The first kappa shape index (κ1) is 56.1. The molecule has 0 fully saturated rings. The number of ether oxygens (including phenoxy) is 1. The van der Waals surface area contributed by atoms with Crippen LogP contribution in [-0.4, -0.2) is 46.9 Å². The first-order chi connectivity index (χ1) is 28.5. The summed E-state index contributed by atoms with van der Waals surface area (Å²) in [6, 6.07) is -0.699. The van der Waals surface area contributed by atoms with Crippen LogP contribution < -0.4 is 5.32 Å². The van der Waals surface area contributed by atoms with Gasteiger partial charge in [-0.3, -0.25) is 9.59 Å². The van der Waals surface area contributed by atoms with Gasteiger partial charge in [0.15, 0.2) is 0 Å². The summed E-state index contributed by atoms with van der Waals surface area (Å²) in [5.74, 6) is -0.481. The van der Waals surface area contributed by atoms with Crippen LogP contribution in [0.3, 0.4) is 0 Å². The number of carbonyl (C=O) groups excluding carboxylic acids is 2. The molecule has 0 rings (SSSR count).